The minimum atomic E-state index is 0.315. The molecule has 0 unspecified atom stereocenters. The molecule has 2 heterocycles. The molecule has 152 valence electrons. The first-order valence-corrected chi connectivity index (χ1v) is 10.4. The molecule has 2 aromatic carbocycles. The van der Waals surface area contributed by atoms with Crippen molar-refractivity contribution in [2.45, 2.75) is 33.2 Å². The van der Waals surface area contributed by atoms with Crippen molar-refractivity contribution in [3.05, 3.63) is 59.8 Å². The van der Waals surface area contributed by atoms with Crippen LogP contribution in [0, 0.1) is 5.92 Å². The van der Waals surface area contributed by atoms with Crippen LogP contribution in [0.4, 0.5) is 5.69 Å². The first-order valence-electron chi connectivity index (χ1n) is 10.4. The number of aromatic nitrogens is 1. The summed E-state index contributed by atoms with van der Waals surface area (Å²) >= 11 is 0. The lowest BCUT2D eigenvalue weighted by molar-refractivity contribution is 0.173. The minimum absolute atomic E-state index is 0.315. The third kappa shape index (κ3) is 4.80. The molecule has 0 bridgehead atoms. The van der Waals surface area contributed by atoms with Gasteiger partial charge >= 0.3 is 0 Å². The monoisotopic (exact) mass is 391 g/mol. The number of fused-ring (bicyclic) bond motifs is 2. The zero-order chi connectivity index (χ0) is 20.1. The van der Waals surface area contributed by atoms with Crippen LogP contribution >= 0.6 is 0 Å². The van der Waals surface area contributed by atoms with Crippen LogP contribution in [0.2, 0.25) is 0 Å². The molecule has 0 saturated heterocycles. The van der Waals surface area contributed by atoms with Crippen LogP contribution in [-0.2, 0) is 13.0 Å². The molecule has 0 radical (unpaired) electrons. The normalized spacial score (nSPS) is 12.7. The number of rotatable bonds is 9. The first-order chi connectivity index (χ1) is 14.2. The second kappa shape index (κ2) is 9.14. The summed E-state index contributed by atoms with van der Waals surface area (Å²) in [4.78, 5) is 4.56. The molecule has 4 rings (SSSR count). The van der Waals surface area contributed by atoms with Gasteiger partial charge in [0.15, 0.2) is 11.5 Å². The van der Waals surface area contributed by atoms with Crippen molar-refractivity contribution in [2.24, 2.45) is 5.92 Å². The highest BCUT2D eigenvalue weighted by molar-refractivity contribution is 5.91. The molecule has 0 spiro atoms. The summed E-state index contributed by atoms with van der Waals surface area (Å²) in [5.41, 5.74) is 4.71. The fourth-order valence-electron chi connectivity index (χ4n) is 3.74. The Morgan fingerprint density at radius 3 is 2.90 bits per heavy atom. The van der Waals surface area contributed by atoms with Crippen molar-refractivity contribution >= 4 is 16.6 Å². The Morgan fingerprint density at radius 1 is 1.07 bits per heavy atom. The number of nitrogens with zero attached hydrogens (tertiary/aromatic N) is 1. The van der Waals surface area contributed by atoms with Gasteiger partial charge in [0.05, 0.1) is 5.52 Å². The van der Waals surface area contributed by atoms with Gasteiger partial charge in [0.2, 0.25) is 6.79 Å². The fraction of sp³-hybridized carbons (Fsp3) is 0.375. The van der Waals surface area contributed by atoms with E-state index in [0.29, 0.717) is 12.7 Å². The molecule has 1 aromatic heterocycles. The van der Waals surface area contributed by atoms with Crippen molar-refractivity contribution in [2.75, 3.05) is 25.2 Å². The van der Waals surface area contributed by atoms with Crippen molar-refractivity contribution in [3.63, 3.8) is 0 Å². The van der Waals surface area contributed by atoms with E-state index in [9.17, 15) is 0 Å². The number of nitrogens with one attached hydrogen (secondary N) is 2. The van der Waals surface area contributed by atoms with Gasteiger partial charge in [-0.15, -0.1) is 0 Å². The summed E-state index contributed by atoms with van der Waals surface area (Å²) in [5.74, 6) is 2.36. The van der Waals surface area contributed by atoms with Gasteiger partial charge in [-0.05, 0) is 49.1 Å². The maximum absolute atomic E-state index is 5.56. The second-order valence-electron chi connectivity index (χ2n) is 7.92. The molecule has 0 atom stereocenters. The number of benzene rings is 2. The Labute approximate surface area is 172 Å². The topological polar surface area (TPSA) is 55.4 Å². The van der Waals surface area contributed by atoms with Crippen molar-refractivity contribution < 1.29 is 9.47 Å². The van der Waals surface area contributed by atoms with E-state index in [1.807, 2.05) is 18.3 Å². The number of pyridine rings is 1. The van der Waals surface area contributed by atoms with E-state index in [-0.39, 0.29) is 0 Å². The molecule has 5 heteroatoms. The summed E-state index contributed by atoms with van der Waals surface area (Å²) in [6, 6.07) is 14.7. The number of ether oxygens (including phenoxy) is 2. The molecular weight excluding hydrogens is 362 g/mol. The summed E-state index contributed by atoms with van der Waals surface area (Å²) in [6.07, 6.45) is 4.00. The molecule has 29 heavy (non-hydrogen) atoms. The van der Waals surface area contributed by atoms with Crippen molar-refractivity contribution in [1.29, 1.82) is 0 Å². The van der Waals surface area contributed by atoms with Crippen molar-refractivity contribution in [3.8, 4) is 11.5 Å². The Kier molecular flexibility index (Phi) is 6.15. The van der Waals surface area contributed by atoms with E-state index in [1.165, 1.54) is 10.9 Å². The summed E-state index contributed by atoms with van der Waals surface area (Å²) in [6.45, 7) is 7.43. The van der Waals surface area contributed by atoms with Gasteiger partial charge in [0.25, 0.3) is 0 Å². The van der Waals surface area contributed by atoms with E-state index in [0.717, 1.165) is 60.7 Å². The molecule has 0 aliphatic carbocycles. The number of hydrogen-bond donors (Lipinski definition) is 2. The third-order valence-corrected chi connectivity index (χ3v) is 5.09. The predicted molar refractivity (Wildman–Crippen MR) is 118 cm³/mol. The highest BCUT2D eigenvalue weighted by Crippen LogP contribution is 2.35. The quantitative estimate of drug-likeness (QED) is 0.515. The summed E-state index contributed by atoms with van der Waals surface area (Å²) in [7, 11) is 0. The van der Waals surface area contributed by atoms with Crippen LogP contribution in [0.25, 0.3) is 10.9 Å². The Balaban J connectivity index is 1.26. The number of hydrogen-bond acceptors (Lipinski definition) is 5. The highest BCUT2D eigenvalue weighted by atomic mass is 16.7. The first kappa shape index (κ1) is 19.5. The average molecular weight is 392 g/mol. The van der Waals surface area contributed by atoms with E-state index >= 15 is 0 Å². The molecule has 0 amide bonds. The van der Waals surface area contributed by atoms with Gasteiger partial charge in [-0.3, -0.25) is 4.98 Å². The molecule has 0 saturated carbocycles. The highest BCUT2D eigenvalue weighted by Gasteiger charge is 2.16. The third-order valence-electron chi connectivity index (χ3n) is 5.09. The zero-order valence-corrected chi connectivity index (χ0v) is 17.2. The largest absolute Gasteiger partial charge is 0.454 e. The maximum Gasteiger partial charge on any atom is 0.231 e. The second-order valence-corrected chi connectivity index (χ2v) is 7.92. The lowest BCUT2D eigenvalue weighted by Gasteiger charge is -2.12. The van der Waals surface area contributed by atoms with Gasteiger partial charge < -0.3 is 20.1 Å². The van der Waals surface area contributed by atoms with E-state index in [4.69, 9.17) is 9.47 Å². The van der Waals surface area contributed by atoms with Crippen LogP contribution < -0.4 is 20.1 Å². The maximum atomic E-state index is 5.56. The van der Waals surface area contributed by atoms with Crippen LogP contribution in [0.3, 0.4) is 0 Å². The van der Waals surface area contributed by atoms with Gasteiger partial charge in [-0.2, -0.15) is 0 Å². The summed E-state index contributed by atoms with van der Waals surface area (Å²) in [5, 5.41) is 8.24. The SMILES string of the molecule is CC(C)Cc1ccc2c(NCCCNCc3cccc4c3OCO4)ccnc2c1. The van der Waals surface area contributed by atoms with Crippen LogP contribution in [0.15, 0.2) is 48.7 Å². The molecule has 1 aliphatic heterocycles. The van der Waals surface area contributed by atoms with Crippen LogP contribution in [-0.4, -0.2) is 24.9 Å². The van der Waals surface area contributed by atoms with Gasteiger partial charge in [0, 0.05) is 35.9 Å². The average Bonchev–Trinajstić information content (AvgIpc) is 3.19. The van der Waals surface area contributed by atoms with E-state index in [1.54, 1.807) is 0 Å². The molecule has 1 aliphatic rings. The minimum Gasteiger partial charge on any atom is -0.454 e. The molecule has 2 N–H and O–H groups in total. The number of para-hydroxylation sites is 1. The van der Waals surface area contributed by atoms with Gasteiger partial charge in [-0.25, -0.2) is 0 Å². The number of anilines is 1. The van der Waals surface area contributed by atoms with Crippen LogP contribution in [0.1, 0.15) is 31.4 Å². The van der Waals surface area contributed by atoms with Crippen molar-refractivity contribution in [1.82, 2.24) is 10.3 Å². The van der Waals surface area contributed by atoms with Gasteiger partial charge in [0.1, 0.15) is 0 Å². The molecule has 5 nitrogen and oxygen atoms in total. The fourth-order valence-corrected chi connectivity index (χ4v) is 3.74. The van der Waals surface area contributed by atoms with Gasteiger partial charge in [-0.1, -0.05) is 38.1 Å². The molecular formula is C24H29N3O2. The predicted octanol–water partition coefficient (Wildman–Crippen LogP) is 4.75. The Hall–Kier alpha value is -2.79. The van der Waals surface area contributed by atoms with Crippen LogP contribution in [0.5, 0.6) is 11.5 Å². The lowest BCUT2D eigenvalue weighted by Crippen LogP contribution is -2.18. The Bertz CT molecular complexity index is 971. The lowest BCUT2D eigenvalue weighted by atomic mass is 10.0. The summed E-state index contributed by atoms with van der Waals surface area (Å²) < 4.78 is 11.0. The zero-order valence-electron chi connectivity index (χ0n) is 17.2. The molecule has 0 fully saturated rings. The molecule has 3 aromatic rings. The van der Waals surface area contributed by atoms with E-state index in [2.05, 4.69) is 59.8 Å². The smallest absolute Gasteiger partial charge is 0.231 e. The standard InChI is InChI=1S/C24H29N3O2/c1-17(2)13-18-7-8-20-21(9-12-27-22(20)14-18)26-11-4-10-25-15-19-5-3-6-23-24(19)29-16-28-23/h3,5-9,12,14,17,25H,4,10-11,13,15-16H2,1-2H3,(H,26,27). The Morgan fingerprint density at radius 2 is 2.00 bits per heavy atom. The van der Waals surface area contributed by atoms with E-state index < -0.39 is 0 Å².